The Kier molecular flexibility index (Phi) is 5.75. The van der Waals surface area contributed by atoms with Crippen LogP contribution in [0.1, 0.15) is 25.3 Å². The van der Waals surface area contributed by atoms with Gasteiger partial charge in [0.1, 0.15) is 0 Å². The molecule has 1 nitrogen and oxygen atoms in total. The second-order valence-corrected chi connectivity index (χ2v) is 5.42. The number of unbranched alkanes of at least 4 members (excludes halogenated alkanes) is 1. The summed E-state index contributed by atoms with van der Waals surface area (Å²) in [6.45, 7) is 3.18. The smallest absolute Gasteiger partial charge is 0.0488 e. The molecule has 0 N–H and O–H groups in total. The summed E-state index contributed by atoms with van der Waals surface area (Å²) in [5.41, 5.74) is 3.28. The van der Waals surface area contributed by atoms with Crippen molar-refractivity contribution in [3.63, 3.8) is 0 Å². The minimum Gasteiger partial charge on any atom is -0.341 e. The minimum atomic E-state index is 0.444. The van der Waals surface area contributed by atoms with Gasteiger partial charge in [0.15, 0.2) is 0 Å². The third-order valence-corrected chi connectivity index (χ3v) is 3.94. The Bertz CT molecular complexity index is 540. The lowest BCUT2D eigenvalue weighted by Gasteiger charge is -2.25. The van der Waals surface area contributed by atoms with Crippen molar-refractivity contribution < 1.29 is 0 Å². The normalized spacial score (nSPS) is 10.6. The van der Waals surface area contributed by atoms with Gasteiger partial charge in [-0.15, -0.1) is 11.6 Å². The summed E-state index contributed by atoms with van der Waals surface area (Å²) >= 11 is 12.2. The lowest BCUT2D eigenvalue weighted by Crippen LogP contribution is -2.18. The molecule has 2 aromatic rings. The zero-order valence-electron chi connectivity index (χ0n) is 11.7. The van der Waals surface area contributed by atoms with Crippen molar-refractivity contribution in [2.24, 2.45) is 0 Å². The lowest BCUT2D eigenvalue weighted by atomic mass is 10.1. The standard InChI is InChI=1S/C17H19Cl2N/c1-2-3-11-20(15-7-5-4-6-8-15)16-10-9-14(13-18)17(19)12-16/h4-10,12H,2-3,11,13H2,1H3. The Morgan fingerprint density at radius 3 is 2.35 bits per heavy atom. The molecule has 3 heteroatoms. The monoisotopic (exact) mass is 307 g/mol. The zero-order chi connectivity index (χ0) is 14.4. The fraction of sp³-hybridized carbons (Fsp3) is 0.294. The molecule has 0 heterocycles. The van der Waals surface area contributed by atoms with Crippen LogP contribution in [0, 0.1) is 0 Å². The number of para-hydroxylation sites is 1. The Labute approximate surface area is 131 Å². The number of hydrogen-bond donors (Lipinski definition) is 0. The Morgan fingerprint density at radius 2 is 1.75 bits per heavy atom. The van der Waals surface area contributed by atoms with Crippen LogP contribution in [0.25, 0.3) is 0 Å². The van der Waals surface area contributed by atoms with Gasteiger partial charge in [-0.25, -0.2) is 0 Å². The van der Waals surface area contributed by atoms with Gasteiger partial charge in [0, 0.05) is 28.8 Å². The third kappa shape index (κ3) is 3.68. The first-order chi connectivity index (χ1) is 9.76. The van der Waals surface area contributed by atoms with E-state index in [4.69, 9.17) is 23.2 Å². The molecule has 0 bridgehead atoms. The Morgan fingerprint density at radius 1 is 1.00 bits per heavy atom. The van der Waals surface area contributed by atoms with E-state index in [-0.39, 0.29) is 0 Å². The molecule has 0 saturated carbocycles. The van der Waals surface area contributed by atoms with Crippen LogP contribution in [0.3, 0.4) is 0 Å². The molecule has 0 spiro atoms. The van der Waals surface area contributed by atoms with Crippen LogP contribution < -0.4 is 4.90 Å². The Balaban J connectivity index is 2.33. The predicted molar refractivity (Wildman–Crippen MR) is 89.4 cm³/mol. The molecule has 0 aliphatic carbocycles. The van der Waals surface area contributed by atoms with Gasteiger partial charge in [-0.2, -0.15) is 0 Å². The highest BCUT2D eigenvalue weighted by atomic mass is 35.5. The summed E-state index contributed by atoms with van der Waals surface area (Å²) in [5.74, 6) is 0.444. The predicted octanol–water partition coefficient (Wildman–Crippen LogP) is 6.02. The molecule has 0 radical (unpaired) electrons. The first-order valence-corrected chi connectivity index (χ1v) is 7.84. The lowest BCUT2D eigenvalue weighted by molar-refractivity contribution is 0.786. The van der Waals surface area contributed by atoms with Crippen molar-refractivity contribution in [2.75, 3.05) is 11.4 Å². The van der Waals surface area contributed by atoms with E-state index in [0.717, 1.165) is 35.7 Å². The van der Waals surface area contributed by atoms with E-state index in [9.17, 15) is 0 Å². The number of benzene rings is 2. The molecule has 20 heavy (non-hydrogen) atoms. The van der Waals surface area contributed by atoms with Gasteiger partial charge in [-0.05, 0) is 36.2 Å². The van der Waals surface area contributed by atoms with Crippen molar-refractivity contribution in [1.82, 2.24) is 0 Å². The van der Waals surface area contributed by atoms with Gasteiger partial charge in [-0.1, -0.05) is 49.2 Å². The maximum Gasteiger partial charge on any atom is 0.0488 e. The van der Waals surface area contributed by atoms with Crippen LogP contribution >= 0.6 is 23.2 Å². The van der Waals surface area contributed by atoms with E-state index in [1.165, 1.54) is 5.69 Å². The molecule has 0 aliphatic heterocycles. The van der Waals surface area contributed by atoms with Gasteiger partial charge in [0.2, 0.25) is 0 Å². The molecular formula is C17H19Cl2N. The highest BCUT2D eigenvalue weighted by Crippen LogP contribution is 2.30. The summed E-state index contributed by atoms with van der Waals surface area (Å²) in [4.78, 5) is 2.30. The van der Waals surface area contributed by atoms with E-state index in [2.05, 4.69) is 42.2 Å². The molecule has 106 valence electrons. The van der Waals surface area contributed by atoms with Crippen molar-refractivity contribution in [3.8, 4) is 0 Å². The molecule has 0 saturated heterocycles. The minimum absolute atomic E-state index is 0.444. The van der Waals surface area contributed by atoms with Gasteiger partial charge in [0.05, 0.1) is 0 Å². The van der Waals surface area contributed by atoms with Gasteiger partial charge < -0.3 is 4.90 Å². The van der Waals surface area contributed by atoms with Crippen molar-refractivity contribution >= 4 is 34.6 Å². The summed E-state index contributed by atoms with van der Waals surface area (Å²) in [6, 6.07) is 16.5. The van der Waals surface area contributed by atoms with Crippen molar-refractivity contribution in [1.29, 1.82) is 0 Å². The fourth-order valence-electron chi connectivity index (χ4n) is 2.14. The van der Waals surface area contributed by atoms with Crippen LogP contribution in [0.5, 0.6) is 0 Å². The number of alkyl halides is 1. The first-order valence-electron chi connectivity index (χ1n) is 6.93. The second kappa shape index (κ2) is 7.56. The molecule has 0 fully saturated rings. The summed E-state index contributed by atoms with van der Waals surface area (Å²) < 4.78 is 0. The van der Waals surface area contributed by atoms with Crippen LogP contribution in [0.2, 0.25) is 5.02 Å². The average Bonchev–Trinajstić information content (AvgIpc) is 2.49. The first kappa shape index (κ1) is 15.2. The number of rotatable bonds is 6. The average molecular weight is 308 g/mol. The van der Waals surface area contributed by atoms with Crippen molar-refractivity contribution in [3.05, 3.63) is 59.1 Å². The summed E-state index contributed by atoms with van der Waals surface area (Å²) in [7, 11) is 0. The molecule has 0 unspecified atom stereocenters. The van der Waals surface area contributed by atoms with E-state index < -0.39 is 0 Å². The van der Waals surface area contributed by atoms with Gasteiger partial charge >= 0.3 is 0 Å². The van der Waals surface area contributed by atoms with E-state index >= 15 is 0 Å². The number of anilines is 2. The van der Waals surface area contributed by atoms with Crippen LogP contribution in [-0.4, -0.2) is 6.54 Å². The third-order valence-electron chi connectivity index (χ3n) is 3.30. The number of halogens is 2. The molecule has 2 aromatic carbocycles. The van der Waals surface area contributed by atoms with Gasteiger partial charge in [0.25, 0.3) is 0 Å². The summed E-state index contributed by atoms with van der Waals surface area (Å²) in [5, 5.41) is 0.731. The highest BCUT2D eigenvalue weighted by Gasteiger charge is 2.10. The maximum atomic E-state index is 6.28. The van der Waals surface area contributed by atoms with E-state index in [1.807, 2.05) is 18.2 Å². The van der Waals surface area contributed by atoms with Crippen LogP contribution in [0.15, 0.2) is 48.5 Å². The highest BCUT2D eigenvalue weighted by molar-refractivity contribution is 6.32. The molecule has 0 aromatic heterocycles. The number of nitrogens with zero attached hydrogens (tertiary/aromatic N) is 1. The fourth-order valence-corrected chi connectivity index (χ4v) is 2.69. The Hall–Kier alpha value is -1.18. The molecule has 2 rings (SSSR count). The number of hydrogen-bond acceptors (Lipinski definition) is 1. The quantitative estimate of drug-likeness (QED) is 0.590. The topological polar surface area (TPSA) is 3.24 Å². The van der Waals surface area contributed by atoms with Crippen molar-refractivity contribution in [2.45, 2.75) is 25.6 Å². The summed E-state index contributed by atoms with van der Waals surface area (Å²) in [6.07, 6.45) is 2.31. The second-order valence-electron chi connectivity index (χ2n) is 4.75. The zero-order valence-corrected chi connectivity index (χ0v) is 13.2. The molecule has 0 atom stereocenters. The maximum absolute atomic E-state index is 6.28. The van der Waals surface area contributed by atoms with Crippen LogP contribution in [-0.2, 0) is 5.88 Å². The van der Waals surface area contributed by atoms with E-state index in [1.54, 1.807) is 0 Å². The van der Waals surface area contributed by atoms with E-state index in [0.29, 0.717) is 5.88 Å². The van der Waals surface area contributed by atoms with Gasteiger partial charge in [-0.3, -0.25) is 0 Å². The van der Waals surface area contributed by atoms with Crippen LogP contribution in [0.4, 0.5) is 11.4 Å². The molecule has 0 aliphatic rings. The molecule has 0 amide bonds. The largest absolute Gasteiger partial charge is 0.341 e. The molecular weight excluding hydrogens is 289 g/mol. The SMILES string of the molecule is CCCCN(c1ccccc1)c1ccc(CCl)c(Cl)c1.